The maximum absolute atomic E-state index is 13.5. The summed E-state index contributed by atoms with van der Waals surface area (Å²) >= 11 is 0. The Labute approximate surface area is 168 Å². The number of aromatic nitrogens is 2. The number of rotatable bonds is 3. The van der Waals surface area contributed by atoms with Crippen LogP contribution >= 0.6 is 0 Å². The molecule has 1 aromatic carbocycles. The average Bonchev–Trinajstić information content (AvgIpc) is 2.73. The number of carbonyl (C=O) groups is 2. The molecule has 1 aromatic heterocycles. The van der Waals surface area contributed by atoms with Gasteiger partial charge in [-0.3, -0.25) is 14.4 Å². The molecule has 2 aliphatic rings. The Morgan fingerprint density at radius 3 is 2.72 bits per heavy atom. The molecule has 0 saturated carbocycles. The van der Waals surface area contributed by atoms with Crippen LogP contribution in [0, 0.1) is 0 Å². The van der Waals surface area contributed by atoms with Crippen LogP contribution in [0.15, 0.2) is 41.5 Å². The number of fused-ring (bicyclic) bond motifs is 1. The van der Waals surface area contributed by atoms with E-state index < -0.39 is 12.1 Å². The van der Waals surface area contributed by atoms with Gasteiger partial charge in [0.15, 0.2) is 6.10 Å². The molecule has 0 aliphatic carbocycles. The molecular formula is C21H24N4O4. The highest BCUT2D eigenvalue weighted by Crippen LogP contribution is 2.33. The minimum atomic E-state index is -0.805. The largest absolute Gasteiger partial charge is 0.356 e. The summed E-state index contributed by atoms with van der Waals surface area (Å²) in [7, 11) is 0. The first-order valence-corrected chi connectivity index (χ1v) is 9.79. The number of H-pyrrole nitrogens is 1. The molecule has 0 radical (unpaired) electrons. The van der Waals surface area contributed by atoms with Crippen LogP contribution in [-0.4, -0.2) is 56.9 Å². The zero-order valence-corrected chi connectivity index (χ0v) is 16.5. The summed E-state index contributed by atoms with van der Waals surface area (Å²) in [5.41, 5.74) is 1.94. The second kappa shape index (κ2) is 7.79. The third-order valence-electron chi connectivity index (χ3n) is 5.52. The number of amides is 2. The fourth-order valence-electron chi connectivity index (χ4n) is 4.16. The van der Waals surface area contributed by atoms with E-state index in [2.05, 4.69) is 9.97 Å². The van der Waals surface area contributed by atoms with E-state index in [0.717, 1.165) is 5.56 Å². The van der Waals surface area contributed by atoms with Gasteiger partial charge in [-0.2, -0.15) is 0 Å². The standard InChI is InChI=1S/C21H24N4O4/c1-13(2)25-17(26)11-29-19(18(25)14-6-4-3-5-7-14)21(28)24-9-8-15-16(10-24)22-12-23-20(15)27/h3-7,12-13,18-19H,8-11H2,1-2H3,(H,22,23,27)/t18-,19+/m1/s1. The number of morpholine rings is 1. The molecule has 0 unspecified atom stereocenters. The zero-order chi connectivity index (χ0) is 20.5. The van der Waals surface area contributed by atoms with E-state index in [1.165, 1.54) is 6.33 Å². The van der Waals surface area contributed by atoms with E-state index in [0.29, 0.717) is 24.2 Å². The first-order valence-electron chi connectivity index (χ1n) is 9.79. The highest BCUT2D eigenvalue weighted by atomic mass is 16.5. The van der Waals surface area contributed by atoms with E-state index in [4.69, 9.17) is 4.74 Å². The topological polar surface area (TPSA) is 95.6 Å². The van der Waals surface area contributed by atoms with Gasteiger partial charge in [-0.05, 0) is 25.8 Å². The molecule has 2 amide bonds. The third kappa shape index (κ3) is 3.55. The Kier molecular flexibility index (Phi) is 5.19. The van der Waals surface area contributed by atoms with Crippen LogP contribution in [-0.2, 0) is 27.3 Å². The van der Waals surface area contributed by atoms with E-state index >= 15 is 0 Å². The Balaban J connectivity index is 1.66. The predicted octanol–water partition coefficient (Wildman–Crippen LogP) is 1.03. The van der Waals surface area contributed by atoms with Crippen molar-refractivity contribution in [2.75, 3.05) is 13.2 Å². The molecule has 4 rings (SSSR count). The van der Waals surface area contributed by atoms with Gasteiger partial charge in [-0.1, -0.05) is 30.3 Å². The number of ether oxygens (including phenoxy) is 1. The molecule has 0 spiro atoms. The Bertz CT molecular complexity index is 972. The second-order valence-electron chi connectivity index (χ2n) is 7.65. The minimum absolute atomic E-state index is 0.0748. The highest BCUT2D eigenvalue weighted by Gasteiger charge is 2.44. The zero-order valence-electron chi connectivity index (χ0n) is 16.5. The van der Waals surface area contributed by atoms with Gasteiger partial charge in [0.05, 0.1) is 24.6 Å². The molecule has 1 N–H and O–H groups in total. The number of nitrogens with zero attached hydrogens (tertiary/aromatic N) is 3. The van der Waals surface area contributed by atoms with Gasteiger partial charge in [0.2, 0.25) is 5.91 Å². The van der Waals surface area contributed by atoms with Crippen LogP contribution < -0.4 is 5.56 Å². The Morgan fingerprint density at radius 1 is 1.24 bits per heavy atom. The summed E-state index contributed by atoms with van der Waals surface area (Å²) in [6.45, 7) is 4.43. The average molecular weight is 396 g/mol. The van der Waals surface area contributed by atoms with Gasteiger partial charge in [0, 0.05) is 18.2 Å². The quantitative estimate of drug-likeness (QED) is 0.836. The van der Waals surface area contributed by atoms with Crippen molar-refractivity contribution in [1.29, 1.82) is 0 Å². The fourth-order valence-corrected chi connectivity index (χ4v) is 4.16. The molecule has 1 fully saturated rings. The third-order valence-corrected chi connectivity index (χ3v) is 5.52. The van der Waals surface area contributed by atoms with Crippen LogP contribution in [0.4, 0.5) is 0 Å². The molecule has 152 valence electrons. The van der Waals surface area contributed by atoms with Crippen LogP contribution in [0.25, 0.3) is 0 Å². The molecule has 2 aromatic rings. The first kappa shape index (κ1) is 19.3. The van der Waals surface area contributed by atoms with Crippen molar-refractivity contribution >= 4 is 11.8 Å². The minimum Gasteiger partial charge on any atom is -0.356 e. The van der Waals surface area contributed by atoms with Crippen molar-refractivity contribution < 1.29 is 14.3 Å². The van der Waals surface area contributed by atoms with Crippen molar-refractivity contribution in [1.82, 2.24) is 19.8 Å². The van der Waals surface area contributed by atoms with Crippen molar-refractivity contribution in [3.05, 3.63) is 63.8 Å². The number of carbonyl (C=O) groups excluding carboxylic acids is 2. The summed E-state index contributed by atoms with van der Waals surface area (Å²) in [4.78, 5) is 48.2. The lowest BCUT2D eigenvalue weighted by molar-refractivity contribution is -0.172. The van der Waals surface area contributed by atoms with Crippen molar-refractivity contribution in [3.8, 4) is 0 Å². The molecule has 29 heavy (non-hydrogen) atoms. The van der Waals surface area contributed by atoms with Gasteiger partial charge in [0.25, 0.3) is 11.5 Å². The Morgan fingerprint density at radius 2 is 2.00 bits per heavy atom. The van der Waals surface area contributed by atoms with Gasteiger partial charge < -0.3 is 19.5 Å². The molecule has 8 nitrogen and oxygen atoms in total. The number of nitrogens with one attached hydrogen (secondary N) is 1. The molecule has 8 heteroatoms. The predicted molar refractivity (Wildman–Crippen MR) is 105 cm³/mol. The van der Waals surface area contributed by atoms with Gasteiger partial charge in [-0.15, -0.1) is 0 Å². The van der Waals surface area contributed by atoms with E-state index in [-0.39, 0.29) is 36.6 Å². The molecule has 2 aliphatic heterocycles. The molecule has 2 atom stereocenters. The second-order valence-corrected chi connectivity index (χ2v) is 7.65. The number of hydrogen-bond acceptors (Lipinski definition) is 5. The summed E-state index contributed by atoms with van der Waals surface area (Å²) < 4.78 is 5.79. The molecule has 3 heterocycles. The summed E-state index contributed by atoms with van der Waals surface area (Å²) in [6.07, 6.45) is 0.999. The Hall–Kier alpha value is -3.00. The van der Waals surface area contributed by atoms with Gasteiger partial charge in [0.1, 0.15) is 6.61 Å². The summed E-state index contributed by atoms with van der Waals surface area (Å²) in [5, 5.41) is 0. The van der Waals surface area contributed by atoms with E-state index in [1.54, 1.807) is 9.80 Å². The number of aromatic amines is 1. The summed E-state index contributed by atoms with van der Waals surface area (Å²) in [5.74, 6) is -0.320. The highest BCUT2D eigenvalue weighted by molar-refractivity contribution is 5.86. The maximum Gasteiger partial charge on any atom is 0.254 e. The number of hydrogen-bond donors (Lipinski definition) is 1. The SMILES string of the molecule is CC(C)N1C(=O)CO[C@H](C(=O)N2CCc3c(nc[nH]c3=O)C2)[C@H]1c1ccccc1. The number of benzene rings is 1. The maximum atomic E-state index is 13.5. The van der Waals surface area contributed by atoms with E-state index in [9.17, 15) is 14.4 Å². The van der Waals surface area contributed by atoms with Crippen LogP contribution in [0.2, 0.25) is 0 Å². The molecule has 1 saturated heterocycles. The monoisotopic (exact) mass is 396 g/mol. The van der Waals surface area contributed by atoms with Crippen LogP contribution in [0.3, 0.4) is 0 Å². The fraction of sp³-hybridized carbons (Fsp3) is 0.429. The van der Waals surface area contributed by atoms with Crippen molar-refractivity contribution in [3.63, 3.8) is 0 Å². The summed E-state index contributed by atoms with van der Waals surface area (Å²) in [6, 6.07) is 8.93. The molecular weight excluding hydrogens is 372 g/mol. The molecule has 0 bridgehead atoms. The van der Waals surface area contributed by atoms with E-state index in [1.807, 2.05) is 44.2 Å². The first-order chi connectivity index (χ1) is 14.0. The van der Waals surface area contributed by atoms with Crippen LogP contribution in [0.5, 0.6) is 0 Å². The lowest BCUT2D eigenvalue weighted by Gasteiger charge is -2.44. The lowest BCUT2D eigenvalue weighted by Crippen LogP contribution is -2.57. The smallest absolute Gasteiger partial charge is 0.254 e. The normalized spacial score (nSPS) is 22.0. The van der Waals surface area contributed by atoms with Gasteiger partial charge >= 0.3 is 0 Å². The van der Waals surface area contributed by atoms with Crippen molar-refractivity contribution in [2.24, 2.45) is 0 Å². The van der Waals surface area contributed by atoms with Crippen LogP contribution in [0.1, 0.15) is 36.7 Å². The lowest BCUT2D eigenvalue weighted by atomic mass is 9.94. The van der Waals surface area contributed by atoms with Crippen molar-refractivity contribution in [2.45, 2.75) is 45.0 Å². The van der Waals surface area contributed by atoms with Gasteiger partial charge in [-0.25, -0.2) is 4.98 Å².